The van der Waals surface area contributed by atoms with Crippen molar-refractivity contribution in [2.45, 2.75) is 13.3 Å². The van der Waals surface area contributed by atoms with Gasteiger partial charge in [0.25, 0.3) is 5.95 Å². The average Bonchev–Trinajstić information content (AvgIpc) is 3.06. The van der Waals surface area contributed by atoms with Crippen LogP contribution in [0.5, 0.6) is 11.5 Å². The Morgan fingerprint density at radius 2 is 2.14 bits per heavy atom. The molecule has 0 amide bonds. The zero-order valence-electron chi connectivity index (χ0n) is 11.6. The highest BCUT2D eigenvalue weighted by Gasteiger charge is 2.15. The summed E-state index contributed by atoms with van der Waals surface area (Å²) in [5.74, 6) is 8.26. The molecule has 22 heavy (non-hydrogen) atoms. The van der Waals surface area contributed by atoms with Crippen molar-refractivity contribution >= 4 is 40.5 Å². The van der Waals surface area contributed by atoms with Crippen molar-refractivity contribution in [1.82, 2.24) is 14.9 Å². The number of halogens is 2. The van der Waals surface area contributed by atoms with E-state index in [1.165, 1.54) is 4.68 Å². The summed E-state index contributed by atoms with van der Waals surface area (Å²) in [4.78, 5) is 0. The van der Waals surface area contributed by atoms with Crippen molar-refractivity contribution < 1.29 is 9.47 Å². The minimum Gasteiger partial charge on any atom is -0.454 e. The third-order valence-corrected chi connectivity index (χ3v) is 3.63. The summed E-state index contributed by atoms with van der Waals surface area (Å²) in [6.07, 6.45) is 2.33. The first-order valence-electron chi connectivity index (χ1n) is 6.26. The second kappa shape index (κ2) is 6.84. The van der Waals surface area contributed by atoms with E-state index in [1.807, 2.05) is 19.1 Å². The third-order valence-electron chi connectivity index (χ3n) is 2.94. The molecular weight excluding hydrogens is 376 g/mol. The van der Waals surface area contributed by atoms with E-state index in [0.29, 0.717) is 29.7 Å². The summed E-state index contributed by atoms with van der Waals surface area (Å²) in [5.41, 5.74) is 3.59. The van der Waals surface area contributed by atoms with Crippen molar-refractivity contribution in [2.75, 3.05) is 18.1 Å². The minimum absolute atomic E-state index is 0. The summed E-state index contributed by atoms with van der Waals surface area (Å²) in [6, 6.07) is 3.67. The maximum atomic E-state index is 5.81. The van der Waals surface area contributed by atoms with Gasteiger partial charge in [-0.15, -0.1) is 22.6 Å². The Balaban J connectivity index is 0.00000176. The van der Waals surface area contributed by atoms with E-state index in [0.717, 1.165) is 10.0 Å². The number of rotatable bonds is 4. The molecule has 2 heterocycles. The smallest absolute Gasteiger partial charge is 0.263 e. The van der Waals surface area contributed by atoms with E-state index in [1.54, 1.807) is 6.21 Å². The Labute approximate surface area is 141 Å². The summed E-state index contributed by atoms with van der Waals surface area (Å²) in [5, 5.41) is 11.9. The molecule has 118 valence electrons. The lowest BCUT2D eigenvalue weighted by atomic mass is 10.2. The van der Waals surface area contributed by atoms with Gasteiger partial charge in [0.15, 0.2) is 17.3 Å². The molecule has 1 aromatic carbocycles. The molecule has 0 fully saturated rings. The van der Waals surface area contributed by atoms with Crippen LogP contribution in [-0.2, 0) is 6.42 Å². The van der Waals surface area contributed by atoms with Gasteiger partial charge in [-0.1, -0.05) is 6.92 Å². The summed E-state index contributed by atoms with van der Waals surface area (Å²) in [7, 11) is 0. The second-order valence-corrected chi connectivity index (χ2v) is 5.11. The van der Waals surface area contributed by atoms with Crippen LogP contribution in [0.15, 0.2) is 21.7 Å². The van der Waals surface area contributed by atoms with Gasteiger partial charge < -0.3 is 15.3 Å². The number of aryl methyl sites for hydroxylation is 1. The number of nitrogens with two attached hydrogens (primary N) is 1. The van der Waals surface area contributed by atoms with Crippen molar-refractivity contribution in [3.63, 3.8) is 0 Å². The zero-order chi connectivity index (χ0) is 14.8. The maximum Gasteiger partial charge on any atom is 0.263 e. The number of anilines is 1. The highest BCUT2D eigenvalue weighted by molar-refractivity contribution is 9.10. The Kier molecular flexibility index (Phi) is 5.09. The number of nitrogens with one attached hydrogen (secondary N) is 1. The molecule has 10 heteroatoms. The largest absolute Gasteiger partial charge is 0.454 e. The van der Waals surface area contributed by atoms with Crippen LogP contribution in [-0.4, -0.2) is 27.9 Å². The Morgan fingerprint density at radius 1 is 1.41 bits per heavy atom. The number of ether oxygens (including phenoxy) is 2. The first-order chi connectivity index (χ1) is 10.2. The molecule has 2 aromatic rings. The fourth-order valence-corrected chi connectivity index (χ4v) is 2.26. The molecule has 0 unspecified atom stereocenters. The van der Waals surface area contributed by atoms with Gasteiger partial charge in [0, 0.05) is 16.5 Å². The van der Waals surface area contributed by atoms with Gasteiger partial charge in [0.05, 0.1) is 6.21 Å². The molecule has 0 bridgehead atoms. The molecule has 0 aliphatic carbocycles. The van der Waals surface area contributed by atoms with Crippen molar-refractivity contribution in [2.24, 2.45) is 5.10 Å². The molecule has 0 saturated heterocycles. The van der Waals surface area contributed by atoms with Crippen LogP contribution in [0.4, 0.5) is 5.95 Å². The average molecular weight is 390 g/mol. The van der Waals surface area contributed by atoms with E-state index in [9.17, 15) is 0 Å². The number of fused-ring (bicyclic) bond motifs is 1. The van der Waals surface area contributed by atoms with Gasteiger partial charge >= 0.3 is 0 Å². The van der Waals surface area contributed by atoms with E-state index in [-0.39, 0.29) is 19.2 Å². The molecule has 1 aromatic heterocycles. The SMILES string of the molecule is CCc1nnc(N/N=C\c2cc3c(cc2Br)OCO3)n1N.Cl. The van der Waals surface area contributed by atoms with Crippen LogP contribution in [0.2, 0.25) is 0 Å². The maximum absolute atomic E-state index is 5.81. The number of aromatic nitrogens is 3. The molecule has 0 saturated carbocycles. The van der Waals surface area contributed by atoms with Gasteiger partial charge in [-0.25, -0.2) is 10.1 Å². The fourth-order valence-electron chi connectivity index (χ4n) is 1.83. The molecule has 3 N–H and O–H groups in total. The van der Waals surface area contributed by atoms with E-state index < -0.39 is 0 Å². The lowest BCUT2D eigenvalue weighted by Crippen LogP contribution is -2.14. The first kappa shape index (κ1) is 16.4. The number of hydrogen-bond donors (Lipinski definition) is 2. The third kappa shape index (κ3) is 3.09. The van der Waals surface area contributed by atoms with E-state index >= 15 is 0 Å². The van der Waals surface area contributed by atoms with E-state index in [2.05, 4.69) is 36.7 Å². The quantitative estimate of drug-likeness (QED) is 0.471. The zero-order valence-corrected chi connectivity index (χ0v) is 14.0. The van der Waals surface area contributed by atoms with Crippen molar-refractivity contribution in [1.29, 1.82) is 0 Å². The normalized spacial score (nSPS) is 12.5. The molecule has 1 aliphatic rings. The minimum atomic E-state index is 0. The van der Waals surface area contributed by atoms with Gasteiger partial charge in [-0.2, -0.15) is 5.10 Å². The summed E-state index contributed by atoms with van der Waals surface area (Å²) >= 11 is 3.45. The molecule has 0 radical (unpaired) electrons. The summed E-state index contributed by atoms with van der Waals surface area (Å²) < 4.78 is 12.8. The standard InChI is InChI=1S/C12H13BrN6O2.ClH/c1-2-11-16-18-12(19(11)14)17-15-5-7-3-9-10(4-8(7)13)21-6-20-9;/h3-5H,2,6,14H2,1H3,(H,17,18);1H/b15-5-;. The monoisotopic (exact) mass is 388 g/mol. The Morgan fingerprint density at radius 3 is 2.82 bits per heavy atom. The molecule has 1 aliphatic heterocycles. The van der Waals surface area contributed by atoms with Gasteiger partial charge in [-0.05, 0) is 28.1 Å². The number of hydrogen-bond acceptors (Lipinski definition) is 7. The van der Waals surface area contributed by atoms with Gasteiger partial charge in [0.2, 0.25) is 6.79 Å². The number of nitrogens with zero attached hydrogens (tertiary/aromatic N) is 4. The topological polar surface area (TPSA) is 99.6 Å². The summed E-state index contributed by atoms with van der Waals surface area (Å²) in [6.45, 7) is 2.18. The van der Waals surface area contributed by atoms with Crippen molar-refractivity contribution in [3.8, 4) is 11.5 Å². The highest BCUT2D eigenvalue weighted by atomic mass is 79.9. The predicted molar refractivity (Wildman–Crippen MR) is 88.3 cm³/mol. The number of hydrazone groups is 1. The predicted octanol–water partition coefficient (Wildman–Crippen LogP) is 1.91. The van der Waals surface area contributed by atoms with Crippen LogP contribution < -0.4 is 20.7 Å². The van der Waals surface area contributed by atoms with Gasteiger partial charge in [-0.3, -0.25) is 0 Å². The van der Waals surface area contributed by atoms with E-state index in [4.69, 9.17) is 15.3 Å². The van der Waals surface area contributed by atoms with Gasteiger partial charge in [0.1, 0.15) is 0 Å². The Hall–Kier alpha value is -2.00. The fraction of sp³-hybridized carbons (Fsp3) is 0.250. The molecule has 0 spiro atoms. The van der Waals surface area contributed by atoms with Crippen LogP contribution in [0.3, 0.4) is 0 Å². The number of nitrogen functional groups attached to an aromatic ring is 1. The second-order valence-electron chi connectivity index (χ2n) is 4.26. The number of benzene rings is 1. The van der Waals surface area contributed by atoms with Crippen LogP contribution in [0, 0.1) is 0 Å². The van der Waals surface area contributed by atoms with Crippen LogP contribution in [0.1, 0.15) is 18.3 Å². The Bertz CT molecular complexity index is 705. The molecule has 8 nitrogen and oxygen atoms in total. The lowest BCUT2D eigenvalue weighted by Gasteiger charge is -2.02. The molecule has 0 atom stereocenters. The van der Waals surface area contributed by atoms with Crippen LogP contribution in [0.25, 0.3) is 0 Å². The lowest BCUT2D eigenvalue weighted by molar-refractivity contribution is 0.174. The highest BCUT2D eigenvalue weighted by Crippen LogP contribution is 2.36. The first-order valence-corrected chi connectivity index (χ1v) is 7.06. The van der Waals surface area contributed by atoms with Crippen LogP contribution >= 0.6 is 28.3 Å². The molecule has 3 rings (SSSR count). The molecular formula is C12H14BrClN6O2. The van der Waals surface area contributed by atoms with Crippen molar-refractivity contribution in [3.05, 3.63) is 28.0 Å².